The Balaban J connectivity index is 4.62. The van der Waals surface area contributed by atoms with E-state index in [0.717, 1.165) is 0 Å². The van der Waals surface area contributed by atoms with Crippen LogP contribution in [-0.2, 0) is 0 Å². The molecule has 0 saturated heterocycles. The van der Waals surface area contributed by atoms with E-state index in [-0.39, 0.29) is 6.67 Å². The molecule has 4 amide bonds. The van der Waals surface area contributed by atoms with Crippen molar-refractivity contribution in [2.75, 3.05) is 34.9 Å². The van der Waals surface area contributed by atoms with Crippen molar-refractivity contribution in [1.29, 1.82) is 0 Å². The first kappa shape index (κ1) is 13.5. The Kier molecular flexibility index (Phi) is 4.82. The van der Waals surface area contributed by atoms with E-state index in [1.807, 2.05) is 0 Å². The molecule has 0 heterocycles. The highest BCUT2D eigenvalue weighted by molar-refractivity contribution is 5.74. The van der Waals surface area contributed by atoms with E-state index in [1.165, 1.54) is 20.0 Å². The molecule has 0 aromatic carbocycles. The Morgan fingerprint density at radius 3 is 1.27 bits per heavy atom. The SMILES string of the molecule is CN(C)N(CN(C(N)=O)N(C)C)C(N)=O. The Morgan fingerprint density at radius 2 is 1.13 bits per heavy atom. The molecule has 0 aliphatic carbocycles. The molecule has 0 aliphatic rings. The van der Waals surface area contributed by atoms with Crippen molar-refractivity contribution in [3.8, 4) is 0 Å². The van der Waals surface area contributed by atoms with Gasteiger partial charge in [-0.15, -0.1) is 0 Å². The number of carbonyl (C=O) groups is 2. The molecule has 0 radical (unpaired) electrons. The summed E-state index contributed by atoms with van der Waals surface area (Å²) in [4.78, 5) is 22.1. The summed E-state index contributed by atoms with van der Waals surface area (Å²) in [6.45, 7) is -0.0231. The third kappa shape index (κ3) is 4.00. The minimum atomic E-state index is -0.659. The molecule has 0 aliphatic heterocycles. The van der Waals surface area contributed by atoms with Gasteiger partial charge in [0.2, 0.25) is 0 Å². The molecule has 0 aromatic rings. The molecular weight excluding hydrogens is 200 g/mol. The number of nitrogens with zero attached hydrogens (tertiary/aromatic N) is 4. The fourth-order valence-electron chi connectivity index (χ4n) is 0.913. The first-order chi connectivity index (χ1) is 6.77. The van der Waals surface area contributed by atoms with Gasteiger partial charge in [0.05, 0.1) is 0 Å². The van der Waals surface area contributed by atoms with Crippen LogP contribution in [0, 0.1) is 0 Å². The third-order valence-corrected chi connectivity index (χ3v) is 1.74. The topological polar surface area (TPSA) is 99.1 Å². The van der Waals surface area contributed by atoms with Gasteiger partial charge in [-0.25, -0.2) is 29.6 Å². The number of nitrogens with two attached hydrogens (primary N) is 2. The molecule has 0 fully saturated rings. The fraction of sp³-hybridized carbons (Fsp3) is 0.714. The van der Waals surface area contributed by atoms with Crippen LogP contribution in [-0.4, -0.2) is 67.0 Å². The van der Waals surface area contributed by atoms with Gasteiger partial charge in [0.15, 0.2) is 0 Å². The van der Waals surface area contributed by atoms with Crippen LogP contribution in [0.25, 0.3) is 0 Å². The monoisotopic (exact) mass is 218 g/mol. The molecule has 0 atom stereocenters. The summed E-state index contributed by atoms with van der Waals surface area (Å²) in [5, 5.41) is 5.29. The number of primary amides is 2. The number of amides is 4. The summed E-state index contributed by atoms with van der Waals surface area (Å²) in [5.74, 6) is 0. The van der Waals surface area contributed by atoms with Crippen LogP contribution in [0.5, 0.6) is 0 Å². The molecule has 8 heteroatoms. The van der Waals surface area contributed by atoms with Crippen molar-refractivity contribution < 1.29 is 9.59 Å². The first-order valence-electron chi connectivity index (χ1n) is 4.25. The molecule has 0 saturated carbocycles. The standard InChI is InChI=1S/C7H18N6O2/c1-10(2)12(6(8)14)5-13(7(9)15)11(3)4/h5H2,1-4H3,(H2,8,14)(H2,9,15). The second kappa shape index (κ2) is 5.37. The lowest BCUT2D eigenvalue weighted by molar-refractivity contribution is -0.0334. The van der Waals surface area contributed by atoms with Crippen LogP contribution in [0.1, 0.15) is 0 Å². The van der Waals surface area contributed by atoms with Crippen LogP contribution in [0.2, 0.25) is 0 Å². The van der Waals surface area contributed by atoms with Gasteiger partial charge in [0, 0.05) is 28.2 Å². The van der Waals surface area contributed by atoms with Crippen molar-refractivity contribution in [2.24, 2.45) is 11.5 Å². The highest BCUT2D eigenvalue weighted by Gasteiger charge is 2.20. The van der Waals surface area contributed by atoms with Crippen LogP contribution >= 0.6 is 0 Å². The molecular formula is C7H18N6O2. The number of hydrogen-bond acceptors (Lipinski definition) is 4. The molecule has 0 bridgehead atoms. The fourth-order valence-corrected chi connectivity index (χ4v) is 0.913. The molecule has 0 spiro atoms. The van der Waals surface area contributed by atoms with Gasteiger partial charge in [0.25, 0.3) is 0 Å². The van der Waals surface area contributed by atoms with Gasteiger partial charge in [0.1, 0.15) is 6.67 Å². The van der Waals surface area contributed by atoms with E-state index in [2.05, 4.69) is 0 Å². The van der Waals surface area contributed by atoms with Crippen LogP contribution in [0.3, 0.4) is 0 Å². The number of carbonyl (C=O) groups excluding carboxylic acids is 2. The molecule has 8 nitrogen and oxygen atoms in total. The summed E-state index contributed by atoms with van der Waals surface area (Å²) in [5.41, 5.74) is 10.3. The highest BCUT2D eigenvalue weighted by atomic mass is 16.2. The van der Waals surface area contributed by atoms with Crippen molar-refractivity contribution in [3.05, 3.63) is 0 Å². The zero-order valence-electron chi connectivity index (χ0n) is 9.47. The maximum Gasteiger partial charge on any atom is 0.331 e. The average molecular weight is 218 g/mol. The maximum atomic E-state index is 11.0. The minimum absolute atomic E-state index is 0.0231. The molecule has 0 rings (SSSR count). The summed E-state index contributed by atoms with van der Waals surface area (Å²) >= 11 is 0. The summed E-state index contributed by atoms with van der Waals surface area (Å²) in [7, 11) is 6.55. The van der Waals surface area contributed by atoms with Gasteiger partial charge < -0.3 is 11.5 Å². The van der Waals surface area contributed by atoms with Gasteiger partial charge in [-0.3, -0.25) is 0 Å². The zero-order valence-corrected chi connectivity index (χ0v) is 9.47. The normalized spacial score (nSPS) is 10.5. The van der Waals surface area contributed by atoms with Gasteiger partial charge in [-0.05, 0) is 0 Å². The van der Waals surface area contributed by atoms with E-state index in [1.54, 1.807) is 28.2 Å². The molecule has 4 N–H and O–H groups in total. The Hall–Kier alpha value is -1.54. The van der Waals surface area contributed by atoms with Crippen molar-refractivity contribution in [3.63, 3.8) is 0 Å². The second-order valence-electron chi connectivity index (χ2n) is 3.31. The first-order valence-corrected chi connectivity index (χ1v) is 4.25. The average Bonchev–Trinajstić information content (AvgIpc) is 2.01. The Morgan fingerprint density at radius 1 is 0.867 bits per heavy atom. The summed E-state index contributed by atoms with van der Waals surface area (Å²) in [6, 6.07) is -1.32. The molecule has 0 aromatic heterocycles. The van der Waals surface area contributed by atoms with Crippen molar-refractivity contribution in [1.82, 2.24) is 20.0 Å². The zero-order chi connectivity index (χ0) is 12.2. The van der Waals surface area contributed by atoms with E-state index < -0.39 is 12.1 Å². The van der Waals surface area contributed by atoms with E-state index in [4.69, 9.17) is 11.5 Å². The Bertz CT molecular complexity index is 218. The lowest BCUT2D eigenvalue weighted by atomic mass is 10.7. The second-order valence-corrected chi connectivity index (χ2v) is 3.31. The quantitative estimate of drug-likeness (QED) is 0.450. The maximum absolute atomic E-state index is 11.0. The van der Waals surface area contributed by atoms with Gasteiger partial charge in [-0.1, -0.05) is 0 Å². The van der Waals surface area contributed by atoms with Crippen LogP contribution in [0.15, 0.2) is 0 Å². The van der Waals surface area contributed by atoms with Crippen molar-refractivity contribution in [2.45, 2.75) is 0 Å². The van der Waals surface area contributed by atoms with Gasteiger partial charge in [-0.2, -0.15) is 0 Å². The summed E-state index contributed by atoms with van der Waals surface area (Å²) in [6.07, 6.45) is 0. The van der Waals surface area contributed by atoms with Gasteiger partial charge >= 0.3 is 12.1 Å². The molecule has 15 heavy (non-hydrogen) atoms. The van der Waals surface area contributed by atoms with E-state index >= 15 is 0 Å². The number of rotatable bonds is 4. The van der Waals surface area contributed by atoms with E-state index in [9.17, 15) is 9.59 Å². The third-order valence-electron chi connectivity index (χ3n) is 1.74. The molecule has 88 valence electrons. The number of hydrogen-bond donors (Lipinski definition) is 2. The van der Waals surface area contributed by atoms with E-state index in [0.29, 0.717) is 0 Å². The number of urea groups is 2. The minimum Gasteiger partial charge on any atom is -0.350 e. The number of hydrazine groups is 2. The largest absolute Gasteiger partial charge is 0.350 e. The lowest BCUT2D eigenvalue weighted by Gasteiger charge is -2.34. The predicted molar refractivity (Wildman–Crippen MR) is 55.1 cm³/mol. The van der Waals surface area contributed by atoms with Crippen molar-refractivity contribution >= 4 is 12.1 Å². The summed E-state index contributed by atoms with van der Waals surface area (Å²) < 4.78 is 0. The molecule has 0 unspecified atom stereocenters. The predicted octanol–water partition coefficient (Wildman–Crippen LogP) is -1.34. The van der Waals surface area contributed by atoms with Crippen LogP contribution < -0.4 is 11.5 Å². The smallest absolute Gasteiger partial charge is 0.331 e. The Labute approximate surface area is 88.9 Å². The van der Waals surface area contributed by atoms with Crippen LogP contribution in [0.4, 0.5) is 9.59 Å². The highest BCUT2D eigenvalue weighted by Crippen LogP contribution is 1.98. The lowest BCUT2D eigenvalue weighted by Crippen LogP contribution is -2.56.